The molecular weight excluding hydrogens is 256 g/mol. The predicted molar refractivity (Wildman–Crippen MR) is 74.8 cm³/mol. The number of carbonyl (C=O) groups is 2. The number of benzene rings is 1. The van der Waals surface area contributed by atoms with E-state index in [9.17, 15) is 14.7 Å². The van der Waals surface area contributed by atoms with E-state index in [1.54, 1.807) is 11.9 Å². The van der Waals surface area contributed by atoms with Gasteiger partial charge in [-0.2, -0.15) is 0 Å². The van der Waals surface area contributed by atoms with Crippen LogP contribution in [0.1, 0.15) is 18.4 Å². The van der Waals surface area contributed by atoms with E-state index in [-0.39, 0.29) is 6.03 Å². The van der Waals surface area contributed by atoms with Gasteiger partial charge >= 0.3 is 12.0 Å². The predicted octanol–water partition coefficient (Wildman–Crippen LogP) is 1.96. The molecule has 2 aliphatic rings. The number of carboxylic acids is 1. The Morgan fingerprint density at radius 2 is 2.05 bits per heavy atom. The molecule has 1 saturated carbocycles. The Balaban J connectivity index is 1.87. The Morgan fingerprint density at radius 1 is 1.35 bits per heavy atom. The van der Waals surface area contributed by atoms with Crippen LogP contribution < -0.4 is 4.90 Å². The maximum atomic E-state index is 12.6. The highest BCUT2D eigenvalue weighted by molar-refractivity contribution is 6.00. The van der Waals surface area contributed by atoms with E-state index >= 15 is 0 Å². The second-order valence-electron chi connectivity index (χ2n) is 5.66. The molecule has 0 saturated heterocycles. The first-order chi connectivity index (χ1) is 9.58. The summed E-state index contributed by atoms with van der Waals surface area (Å²) in [4.78, 5) is 27.1. The van der Waals surface area contributed by atoms with Gasteiger partial charge in [-0.15, -0.1) is 0 Å². The van der Waals surface area contributed by atoms with E-state index < -0.39 is 12.0 Å². The molecule has 0 spiro atoms. The lowest BCUT2D eigenvalue weighted by Crippen LogP contribution is -2.49. The zero-order valence-corrected chi connectivity index (χ0v) is 11.5. The first-order valence-electron chi connectivity index (χ1n) is 6.93. The van der Waals surface area contributed by atoms with Crippen molar-refractivity contribution in [1.29, 1.82) is 0 Å². The minimum absolute atomic E-state index is 0.214. The second kappa shape index (κ2) is 4.81. The van der Waals surface area contributed by atoms with Crippen LogP contribution in [-0.2, 0) is 11.2 Å². The van der Waals surface area contributed by atoms with E-state index in [0.29, 0.717) is 18.9 Å². The number of nitrogens with zero attached hydrogens (tertiary/aromatic N) is 2. The number of hydrogen-bond donors (Lipinski definition) is 1. The molecule has 1 aromatic carbocycles. The Labute approximate surface area is 117 Å². The number of fused-ring (bicyclic) bond motifs is 1. The lowest BCUT2D eigenvalue weighted by atomic mass is 10.1. The smallest absolute Gasteiger partial charge is 0.327 e. The van der Waals surface area contributed by atoms with Crippen molar-refractivity contribution in [1.82, 2.24) is 4.90 Å². The van der Waals surface area contributed by atoms with Crippen molar-refractivity contribution in [2.24, 2.45) is 5.92 Å². The van der Waals surface area contributed by atoms with Crippen LogP contribution in [0.4, 0.5) is 10.5 Å². The fraction of sp³-hybridized carbons (Fsp3) is 0.467. The molecule has 1 aliphatic carbocycles. The molecule has 1 N–H and O–H groups in total. The first kappa shape index (κ1) is 13.0. The number of aliphatic carboxylic acids is 1. The lowest BCUT2D eigenvalue weighted by molar-refractivity contribution is -0.138. The number of amides is 2. The molecule has 5 heteroatoms. The number of anilines is 1. The largest absolute Gasteiger partial charge is 0.480 e. The summed E-state index contributed by atoms with van der Waals surface area (Å²) < 4.78 is 0. The van der Waals surface area contributed by atoms with Crippen molar-refractivity contribution in [3.63, 3.8) is 0 Å². The summed E-state index contributed by atoms with van der Waals surface area (Å²) in [6.07, 6.45) is 2.71. The summed E-state index contributed by atoms with van der Waals surface area (Å²) in [7, 11) is 1.75. The van der Waals surface area contributed by atoms with Gasteiger partial charge in [-0.05, 0) is 30.4 Å². The van der Waals surface area contributed by atoms with Crippen LogP contribution in [-0.4, -0.2) is 41.6 Å². The van der Waals surface area contributed by atoms with Crippen LogP contribution in [0.2, 0.25) is 0 Å². The molecule has 0 unspecified atom stereocenters. The third kappa shape index (κ3) is 2.24. The summed E-state index contributed by atoms with van der Waals surface area (Å²) in [6, 6.07) is 6.42. The number of para-hydroxylation sites is 1. The molecule has 106 valence electrons. The third-order valence-electron chi connectivity index (χ3n) is 4.02. The van der Waals surface area contributed by atoms with Crippen LogP contribution >= 0.6 is 0 Å². The molecule has 0 aromatic heterocycles. The zero-order valence-electron chi connectivity index (χ0n) is 11.5. The molecule has 1 atom stereocenters. The maximum absolute atomic E-state index is 12.6. The number of rotatable bonds is 3. The van der Waals surface area contributed by atoms with Crippen LogP contribution in [0, 0.1) is 5.92 Å². The average Bonchev–Trinajstić information content (AvgIpc) is 3.15. The number of carboxylic acid groups (broad SMARTS) is 1. The molecule has 1 fully saturated rings. The van der Waals surface area contributed by atoms with Crippen molar-refractivity contribution in [3.8, 4) is 0 Å². The van der Waals surface area contributed by atoms with Gasteiger partial charge in [0.05, 0.1) is 0 Å². The Kier molecular flexibility index (Phi) is 3.12. The summed E-state index contributed by atoms with van der Waals surface area (Å²) >= 11 is 0. The van der Waals surface area contributed by atoms with E-state index in [4.69, 9.17) is 0 Å². The molecule has 20 heavy (non-hydrogen) atoms. The fourth-order valence-corrected chi connectivity index (χ4v) is 2.77. The van der Waals surface area contributed by atoms with E-state index in [0.717, 1.165) is 24.1 Å². The van der Waals surface area contributed by atoms with E-state index in [1.807, 2.05) is 24.3 Å². The second-order valence-corrected chi connectivity index (χ2v) is 5.66. The Morgan fingerprint density at radius 3 is 2.70 bits per heavy atom. The van der Waals surface area contributed by atoms with Gasteiger partial charge in [-0.3, -0.25) is 4.90 Å². The number of hydrogen-bond acceptors (Lipinski definition) is 2. The van der Waals surface area contributed by atoms with Gasteiger partial charge in [0.15, 0.2) is 0 Å². The minimum atomic E-state index is -0.950. The summed E-state index contributed by atoms with van der Waals surface area (Å²) in [6.45, 7) is 0.712. The topological polar surface area (TPSA) is 60.9 Å². The summed E-state index contributed by atoms with van der Waals surface area (Å²) in [5.74, 6) is -0.362. The molecule has 1 heterocycles. The van der Waals surface area contributed by atoms with E-state index in [1.165, 1.54) is 4.90 Å². The van der Waals surface area contributed by atoms with Gasteiger partial charge in [0, 0.05) is 25.7 Å². The summed E-state index contributed by atoms with van der Waals surface area (Å²) in [5.41, 5.74) is 1.65. The van der Waals surface area contributed by atoms with Crippen LogP contribution in [0.3, 0.4) is 0 Å². The van der Waals surface area contributed by atoms with Gasteiger partial charge in [-0.1, -0.05) is 18.2 Å². The first-order valence-corrected chi connectivity index (χ1v) is 6.93. The number of urea groups is 1. The lowest BCUT2D eigenvalue weighted by Gasteiger charge is -2.28. The van der Waals surface area contributed by atoms with Crippen molar-refractivity contribution in [2.75, 3.05) is 18.5 Å². The molecule has 5 nitrogen and oxygen atoms in total. The molecule has 0 radical (unpaired) electrons. The highest BCUT2D eigenvalue weighted by Crippen LogP contribution is 2.34. The van der Waals surface area contributed by atoms with Crippen molar-refractivity contribution >= 4 is 17.7 Å². The van der Waals surface area contributed by atoms with Crippen molar-refractivity contribution in [2.45, 2.75) is 25.3 Å². The van der Waals surface area contributed by atoms with Crippen LogP contribution in [0.5, 0.6) is 0 Å². The average molecular weight is 274 g/mol. The maximum Gasteiger partial charge on any atom is 0.327 e. The molecule has 1 aliphatic heterocycles. The standard InChI is InChI=1S/C15H18N2O3/c1-16(9-10-6-7-10)15(20)17-12-5-3-2-4-11(12)8-13(17)14(18)19/h2-5,10,13H,6-9H2,1H3,(H,18,19)/t13-/m0/s1. The normalized spacial score (nSPS) is 20.6. The quantitative estimate of drug-likeness (QED) is 0.916. The SMILES string of the molecule is CN(CC1CC1)C(=O)N1c2ccccc2C[C@H]1C(=O)O. The van der Waals surface area contributed by atoms with Crippen LogP contribution in [0.25, 0.3) is 0 Å². The van der Waals surface area contributed by atoms with Gasteiger partial charge in [0.25, 0.3) is 0 Å². The van der Waals surface area contributed by atoms with Crippen LogP contribution in [0.15, 0.2) is 24.3 Å². The molecular formula is C15H18N2O3. The fourth-order valence-electron chi connectivity index (χ4n) is 2.77. The van der Waals surface area contributed by atoms with Gasteiger partial charge in [0.1, 0.15) is 6.04 Å². The van der Waals surface area contributed by atoms with E-state index in [2.05, 4.69) is 0 Å². The van der Waals surface area contributed by atoms with Gasteiger partial charge in [-0.25, -0.2) is 9.59 Å². The van der Waals surface area contributed by atoms with Crippen molar-refractivity contribution < 1.29 is 14.7 Å². The Bertz CT molecular complexity index is 554. The molecule has 0 bridgehead atoms. The van der Waals surface area contributed by atoms with Gasteiger partial charge in [0.2, 0.25) is 0 Å². The molecule has 2 amide bonds. The monoisotopic (exact) mass is 274 g/mol. The van der Waals surface area contributed by atoms with Crippen molar-refractivity contribution in [3.05, 3.63) is 29.8 Å². The minimum Gasteiger partial charge on any atom is -0.480 e. The third-order valence-corrected chi connectivity index (χ3v) is 4.02. The highest BCUT2D eigenvalue weighted by atomic mass is 16.4. The Hall–Kier alpha value is -2.04. The van der Waals surface area contributed by atoms with Gasteiger partial charge < -0.3 is 10.0 Å². The highest BCUT2D eigenvalue weighted by Gasteiger charge is 2.40. The molecule has 3 rings (SSSR count). The summed E-state index contributed by atoms with van der Waals surface area (Å²) in [5, 5.41) is 9.37. The zero-order chi connectivity index (χ0) is 14.3. The number of carbonyl (C=O) groups excluding carboxylic acids is 1. The molecule has 1 aromatic rings.